The van der Waals surface area contributed by atoms with Crippen LogP contribution in [0, 0.1) is 0 Å². The summed E-state index contributed by atoms with van der Waals surface area (Å²) in [5.41, 5.74) is -3.94. The minimum absolute atomic E-state index is 0.439. The molecule has 5 heteroatoms. The van der Waals surface area contributed by atoms with Gasteiger partial charge in [0.25, 0.3) is 0 Å². The normalized spacial score (nSPS) is 19.3. The summed E-state index contributed by atoms with van der Waals surface area (Å²) in [6.45, 7) is 0. The molecule has 3 heterocycles. The quantitative estimate of drug-likeness (QED) is 0.206. The molecule has 0 aliphatic rings. The number of rotatable bonds is 4. The van der Waals surface area contributed by atoms with Gasteiger partial charge < -0.3 is 4.57 Å². The monoisotopic (exact) mass is 587 g/mol. The van der Waals surface area contributed by atoms with Gasteiger partial charge in [0.05, 0.1) is 55.0 Å². The molecule has 0 fully saturated rings. The SMILES string of the molecule is [2H]c1cc(-n2c3c([2H])c([2H])c([2H])c([2H])c3c3c([2H])c([2H])c4c5c([2H])c([2H])c([2H])c([2H])c5n(-c5nc(-c6c([2H])c([2H])c([2H])c([2H])c6[2H])nc(-c6c([2H])c([2H])c([2H])c([2H])c6[2H])n5)c4c32)c([2H])c([2H])c1[2H]. The van der Waals surface area contributed by atoms with Crippen LogP contribution in [0.4, 0.5) is 0 Å². The van der Waals surface area contributed by atoms with E-state index in [2.05, 4.69) is 15.0 Å². The second-order valence-electron chi connectivity index (χ2n) is 9.15. The Morgan fingerprint density at radius 1 is 0.409 bits per heavy atom. The van der Waals surface area contributed by atoms with Crippen molar-refractivity contribution in [3.05, 3.63) is 151 Å². The molecular formula is C39H25N5. The topological polar surface area (TPSA) is 48.5 Å². The van der Waals surface area contributed by atoms with E-state index in [4.69, 9.17) is 27.4 Å². The van der Waals surface area contributed by atoms with Gasteiger partial charge in [-0.3, -0.25) is 4.57 Å². The first-order chi connectivity index (χ1) is 31.8. The highest BCUT2D eigenvalue weighted by molar-refractivity contribution is 6.23. The molecule has 0 N–H and O–H groups in total. The van der Waals surface area contributed by atoms with Crippen LogP contribution < -0.4 is 0 Å². The van der Waals surface area contributed by atoms with Crippen LogP contribution in [0.5, 0.6) is 0 Å². The zero-order valence-corrected chi connectivity index (χ0v) is 21.8. The first-order valence-electron chi connectivity index (χ1n) is 24.8. The summed E-state index contributed by atoms with van der Waals surface area (Å²) in [7, 11) is 0. The lowest BCUT2D eigenvalue weighted by atomic mass is 10.1. The van der Waals surface area contributed by atoms with E-state index in [1.165, 1.54) is 0 Å². The van der Waals surface area contributed by atoms with Gasteiger partial charge in [-0.05, 0) is 24.2 Å². The van der Waals surface area contributed by atoms with Crippen LogP contribution in [0.15, 0.2) is 151 Å². The largest absolute Gasteiger partial charge is 0.307 e. The molecule has 9 rings (SSSR count). The molecule has 0 radical (unpaired) electrons. The van der Waals surface area contributed by atoms with E-state index in [0.717, 1.165) is 15.2 Å². The number of fused-ring (bicyclic) bond motifs is 7. The number of para-hydroxylation sites is 3. The smallest absolute Gasteiger partial charge is 0.238 e. The molecule has 0 saturated heterocycles. The lowest BCUT2D eigenvalue weighted by Crippen LogP contribution is -2.07. The van der Waals surface area contributed by atoms with Crippen molar-refractivity contribution in [2.45, 2.75) is 0 Å². The second-order valence-corrected chi connectivity index (χ2v) is 9.15. The molecule has 0 unspecified atom stereocenters. The molecule has 6 aromatic carbocycles. The van der Waals surface area contributed by atoms with Crippen molar-refractivity contribution in [2.75, 3.05) is 0 Å². The van der Waals surface area contributed by atoms with E-state index in [0.29, 0.717) is 0 Å². The van der Waals surface area contributed by atoms with Crippen LogP contribution >= 0.6 is 0 Å². The van der Waals surface area contributed by atoms with E-state index in [1.54, 1.807) is 0 Å². The van der Waals surface area contributed by atoms with E-state index >= 15 is 0 Å². The first kappa shape index (κ1) is 10.6. The Bertz CT molecular complexity index is 3720. The molecule has 206 valence electrons. The Morgan fingerprint density at radius 2 is 0.886 bits per heavy atom. The molecule has 0 saturated carbocycles. The fourth-order valence-electron chi connectivity index (χ4n) is 5.06. The van der Waals surface area contributed by atoms with Gasteiger partial charge in [0.2, 0.25) is 5.95 Å². The summed E-state index contributed by atoms with van der Waals surface area (Å²) in [4.78, 5) is 13.2. The summed E-state index contributed by atoms with van der Waals surface area (Å²) < 4.78 is 212. The fourth-order valence-corrected chi connectivity index (χ4v) is 5.06. The van der Waals surface area contributed by atoms with E-state index in [9.17, 15) is 5.48 Å². The predicted octanol–water partition coefficient (Wildman–Crippen LogP) is 9.40. The molecule has 0 amide bonds. The molecule has 0 spiro atoms. The third-order valence-electron chi connectivity index (χ3n) is 6.79. The summed E-state index contributed by atoms with van der Waals surface area (Å²) in [5.74, 6) is -2.44. The van der Waals surface area contributed by atoms with Gasteiger partial charge in [-0.25, -0.2) is 4.98 Å². The van der Waals surface area contributed by atoms with Crippen molar-refractivity contribution >= 4 is 43.6 Å². The fraction of sp³-hybridized carbons (Fsp3) is 0. The number of hydrogen-bond donors (Lipinski definition) is 0. The highest BCUT2D eigenvalue weighted by Crippen LogP contribution is 2.41. The van der Waals surface area contributed by atoms with Crippen LogP contribution in [0.1, 0.15) is 32.9 Å². The molecule has 44 heavy (non-hydrogen) atoms. The Morgan fingerprint density at radius 3 is 1.50 bits per heavy atom. The molecule has 5 nitrogen and oxygen atoms in total. The van der Waals surface area contributed by atoms with Gasteiger partial charge in [0, 0.05) is 38.4 Å². The van der Waals surface area contributed by atoms with Crippen LogP contribution in [0.25, 0.3) is 78.0 Å². The van der Waals surface area contributed by atoms with Crippen molar-refractivity contribution in [3.8, 4) is 34.4 Å². The summed E-state index contributed by atoms with van der Waals surface area (Å²) in [6.07, 6.45) is 0. The molecule has 9 aromatic rings. The number of hydrogen-bond acceptors (Lipinski definition) is 3. The molecule has 0 bridgehead atoms. The number of nitrogens with zero attached hydrogens (tertiary/aromatic N) is 5. The maximum absolute atomic E-state index is 9.52. The van der Waals surface area contributed by atoms with Crippen LogP contribution in [0.2, 0.25) is 0 Å². The van der Waals surface area contributed by atoms with Crippen LogP contribution in [0.3, 0.4) is 0 Å². The zero-order valence-electron chi connectivity index (χ0n) is 45.8. The molecule has 3 aromatic heterocycles. The minimum Gasteiger partial charge on any atom is -0.307 e. The lowest BCUT2D eigenvalue weighted by molar-refractivity contribution is 0.953. The highest BCUT2D eigenvalue weighted by Gasteiger charge is 2.23. The predicted molar refractivity (Wildman–Crippen MR) is 179 cm³/mol. The Labute approximate surface area is 287 Å². The third-order valence-corrected chi connectivity index (χ3v) is 6.79. The maximum atomic E-state index is 9.52. The average molecular weight is 588 g/mol. The van der Waals surface area contributed by atoms with E-state index in [1.807, 2.05) is 0 Å². The van der Waals surface area contributed by atoms with Crippen molar-refractivity contribution in [3.63, 3.8) is 0 Å². The summed E-state index contributed by atoms with van der Waals surface area (Å²) in [5, 5.41) is -1.88. The molecular weight excluding hydrogens is 538 g/mol. The molecule has 0 aliphatic carbocycles. The first-order valence-corrected chi connectivity index (χ1v) is 12.8. The number of aromatic nitrogens is 5. The molecule has 0 aliphatic heterocycles. The Kier molecular flexibility index (Phi) is 2.34. The standard InChI is InChI=1S/C39H25N5/c1-4-14-26(15-5-1)37-40-38(27-16-6-2-7-17-27)42-39(41-37)44-34-23-13-11-21-30(34)32-25-24-31-29-20-10-12-22-33(29)43(35(31)36(32)44)28-18-8-3-9-19-28/h1-25H/i1D,2D,3D,4D,5D,6D,7D,8D,9D,10D,11D,12D,13D,14D,15D,16D,17D,18D,20D,21D,22D,23D,24D,25D. The van der Waals surface area contributed by atoms with Crippen LogP contribution in [-0.2, 0) is 0 Å². The van der Waals surface area contributed by atoms with Crippen molar-refractivity contribution < 1.29 is 32.9 Å². The highest BCUT2D eigenvalue weighted by atomic mass is 15.2. The van der Waals surface area contributed by atoms with Crippen LogP contribution in [-0.4, -0.2) is 24.1 Å². The van der Waals surface area contributed by atoms with Gasteiger partial charge in [0.15, 0.2) is 11.6 Å². The maximum Gasteiger partial charge on any atom is 0.238 e. The zero-order chi connectivity index (χ0) is 49.9. The van der Waals surface area contributed by atoms with E-state index < -0.39 is 223 Å². The Balaban J connectivity index is 1.67. The van der Waals surface area contributed by atoms with Gasteiger partial charge in [-0.15, -0.1) is 0 Å². The Hall–Kier alpha value is -6.07. The summed E-state index contributed by atoms with van der Waals surface area (Å²) in [6, 6.07) is -18.9. The second kappa shape index (κ2) is 9.75. The van der Waals surface area contributed by atoms with Crippen molar-refractivity contribution in [1.29, 1.82) is 0 Å². The number of benzene rings is 6. The minimum atomic E-state index is -0.888. The average Bonchev–Trinajstić information content (AvgIpc) is 3.86. The van der Waals surface area contributed by atoms with Gasteiger partial charge >= 0.3 is 0 Å². The van der Waals surface area contributed by atoms with Gasteiger partial charge in [0.1, 0.15) is 0 Å². The lowest BCUT2D eigenvalue weighted by Gasteiger charge is -2.13. The molecule has 0 atom stereocenters. The van der Waals surface area contributed by atoms with Crippen molar-refractivity contribution in [1.82, 2.24) is 24.1 Å². The summed E-state index contributed by atoms with van der Waals surface area (Å²) >= 11 is 0. The third kappa shape index (κ3) is 3.69. The van der Waals surface area contributed by atoms with E-state index in [-0.39, 0.29) is 0 Å². The van der Waals surface area contributed by atoms with Crippen molar-refractivity contribution in [2.24, 2.45) is 0 Å². The van der Waals surface area contributed by atoms with Gasteiger partial charge in [-0.2, -0.15) is 9.97 Å². The van der Waals surface area contributed by atoms with Gasteiger partial charge in [-0.1, -0.05) is 127 Å².